The Kier molecular flexibility index (Phi) is 4.35. The van der Waals surface area contributed by atoms with E-state index in [4.69, 9.17) is 0 Å². The highest BCUT2D eigenvalue weighted by molar-refractivity contribution is 9.10. The van der Waals surface area contributed by atoms with Gasteiger partial charge in [-0.05, 0) is 18.6 Å². The quantitative estimate of drug-likeness (QED) is 0.620. The number of aryl methyl sites for hydroxylation is 1. The zero-order valence-corrected chi connectivity index (χ0v) is 13.6. The topological polar surface area (TPSA) is 56.3 Å². The first kappa shape index (κ1) is 14.9. The van der Waals surface area contributed by atoms with E-state index < -0.39 is 5.97 Å². The predicted molar refractivity (Wildman–Crippen MR) is 81.3 cm³/mol. The summed E-state index contributed by atoms with van der Waals surface area (Å²) in [6.07, 6.45) is 0. The Morgan fingerprint density at radius 3 is 2.60 bits per heavy atom. The fourth-order valence-corrected chi connectivity index (χ4v) is 3.50. The van der Waals surface area contributed by atoms with Crippen molar-refractivity contribution in [1.82, 2.24) is 4.98 Å². The predicted octanol–water partition coefficient (Wildman–Crippen LogP) is 3.87. The highest BCUT2D eigenvalue weighted by Crippen LogP contribution is 2.34. The van der Waals surface area contributed by atoms with Gasteiger partial charge >= 0.3 is 5.97 Å². The van der Waals surface area contributed by atoms with Crippen LogP contribution in [0.2, 0.25) is 0 Å². The standard InChI is InChI=1S/C14H12BrNO3S/c1-7-4-5-9(10(15)6-7)13-16-11(14(18)19-3)12(20-13)8(2)17/h4-6H,1-3H3. The van der Waals surface area contributed by atoms with Gasteiger partial charge in [-0.1, -0.05) is 28.1 Å². The second-order valence-electron chi connectivity index (χ2n) is 4.23. The van der Waals surface area contributed by atoms with Crippen molar-refractivity contribution in [3.63, 3.8) is 0 Å². The Morgan fingerprint density at radius 1 is 1.35 bits per heavy atom. The Balaban J connectivity index is 2.58. The Bertz CT molecular complexity index is 694. The normalized spacial score (nSPS) is 10.4. The summed E-state index contributed by atoms with van der Waals surface area (Å²) in [6, 6.07) is 5.82. The molecule has 0 aliphatic rings. The third-order valence-corrected chi connectivity index (χ3v) is 4.53. The average Bonchev–Trinajstić information content (AvgIpc) is 2.82. The van der Waals surface area contributed by atoms with Crippen LogP contribution < -0.4 is 0 Å². The van der Waals surface area contributed by atoms with Crippen LogP contribution in [0.1, 0.15) is 32.6 Å². The molecule has 6 heteroatoms. The van der Waals surface area contributed by atoms with Crippen LogP contribution in [-0.2, 0) is 4.74 Å². The molecule has 104 valence electrons. The van der Waals surface area contributed by atoms with Gasteiger partial charge in [0.2, 0.25) is 0 Å². The molecule has 0 N–H and O–H groups in total. The van der Waals surface area contributed by atoms with Crippen molar-refractivity contribution in [3.05, 3.63) is 38.8 Å². The van der Waals surface area contributed by atoms with E-state index in [1.165, 1.54) is 25.4 Å². The SMILES string of the molecule is COC(=O)c1nc(-c2ccc(C)cc2Br)sc1C(C)=O. The number of carbonyl (C=O) groups excluding carboxylic acids is 2. The van der Waals surface area contributed by atoms with E-state index in [0.29, 0.717) is 9.88 Å². The number of esters is 1. The molecular formula is C14H12BrNO3S. The van der Waals surface area contributed by atoms with Crippen LogP contribution in [0.25, 0.3) is 10.6 Å². The van der Waals surface area contributed by atoms with E-state index >= 15 is 0 Å². The summed E-state index contributed by atoms with van der Waals surface area (Å²) in [5.74, 6) is -0.793. The summed E-state index contributed by atoms with van der Waals surface area (Å²) < 4.78 is 5.54. The van der Waals surface area contributed by atoms with E-state index in [0.717, 1.165) is 15.6 Å². The summed E-state index contributed by atoms with van der Waals surface area (Å²) in [4.78, 5) is 27.9. The second kappa shape index (κ2) is 5.85. The van der Waals surface area contributed by atoms with E-state index in [1.54, 1.807) is 0 Å². The number of Topliss-reactive ketones (excluding diaryl/α,β-unsaturated/α-hetero) is 1. The molecule has 0 radical (unpaired) electrons. The molecular weight excluding hydrogens is 342 g/mol. The van der Waals surface area contributed by atoms with Gasteiger partial charge in [-0.2, -0.15) is 0 Å². The van der Waals surface area contributed by atoms with Crippen LogP contribution in [0.15, 0.2) is 22.7 Å². The van der Waals surface area contributed by atoms with Crippen LogP contribution in [0.5, 0.6) is 0 Å². The summed E-state index contributed by atoms with van der Waals surface area (Å²) in [6.45, 7) is 3.39. The fourth-order valence-electron chi connectivity index (χ4n) is 1.70. The van der Waals surface area contributed by atoms with Gasteiger partial charge in [0.1, 0.15) is 9.88 Å². The molecule has 0 spiro atoms. The summed E-state index contributed by atoms with van der Waals surface area (Å²) in [7, 11) is 1.27. The number of thiazole rings is 1. The first-order valence-electron chi connectivity index (χ1n) is 5.80. The van der Waals surface area contributed by atoms with Crippen molar-refractivity contribution >= 4 is 39.0 Å². The number of methoxy groups -OCH3 is 1. The molecule has 4 nitrogen and oxygen atoms in total. The first-order chi connectivity index (χ1) is 9.43. The Hall–Kier alpha value is -1.53. The van der Waals surface area contributed by atoms with Gasteiger partial charge < -0.3 is 4.74 Å². The number of aromatic nitrogens is 1. The molecule has 20 heavy (non-hydrogen) atoms. The fraction of sp³-hybridized carbons (Fsp3) is 0.214. The number of hydrogen-bond acceptors (Lipinski definition) is 5. The van der Waals surface area contributed by atoms with Crippen molar-refractivity contribution in [2.24, 2.45) is 0 Å². The van der Waals surface area contributed by atoms with Crippen LogP contribution in [0.4, 0.5) is 0 Å². The van der Waals surface area contributed by atoms with Gasteiger partial charge in [0.15, 0.2) is 11.5 Å². The molecule has 0 bridgehead atoms. The van der Waals surface area contributed by atoms with E-state index in [2.05, 4.69) is 25.7 Å². The van der Waals surface area contributed by atoms with Gasteiger partial charge in [0, 0.05) is 17.0 Å². The van der Waals surface area contributed by atoms with E-state index in [1.807, 2.05) is 25.1 Å². The van der Waals surface area contributed by atoms with Gasteiger partial charge in [0.25, 0.3) is 0 Å². The van der Waals surface area contributed by atoms with Crippen molar-refractivity contribution < 1.29 is 14.3 Å². The first-order valence-corrected chi connectivity index (χ1v) is 7.41. The van der Waals surface area contributed by atoms with Gasteiger partial charge in [-0.25, -0.2) is 9.78 Å². The van der Waals surface area contributed by atoms with Gasteiger partial charge in [-0.15, -0.1) is 11.3 Å². The molecule has 0 saturated heterocycles. The lowest BCUT2D eigenvalue weighted by molar-refractivity contribution is 0.0591. The molecule has 0 unspecified atom stereocenters. The van der Waals surface area contributed by atoms with Crippen LogP contribution >= 0.6 is 27.3 Å². The van der Waals surface area contributed by atoms with Gasteiger partial charge in [0.05, 0.1) is 7.11 Å². The van der Waals surface area contributed by atoms with Crippen LogP contribution in [0, 0.1) is 6.92 Å². The van der Waals surface area contributed by atoms with Crippen molar-refractivity contribution in [1.29, 1.82) is 0 Å². The number of hydrogen-bond donors (Lipinski definition) is 0. The Labute approximate surface area is 128 Å². The number of benzene rings is 1. The molecule has 0 fully saturated rings. The number of nitrogens with zero attached hydrogens (tertiary/aromatic N) is 1. The lowest BCUT2D eigenvalue weighted by Crippen LogP contribution is -2.06. The zero-order valence-electron chi connectivity index (χ0n) is 11.2. The van der Waals surface area contributed by atoms with Crippen molar-refractivity contribution in [2.45, 2.75) is 13.8 Å². The number of carbonyl (C=O) groups is 2. The smallest absolute Gasteiger partial charge is 0.358 e. The lowest BCUT2D eigenvalue weighted by atomic mass is 10.1. The third-order valence-electron chi connectivity index (χ3n) is 2.68. The minimum absolute atomic E-state index is 0.0764. The number of rotatable bonds is 3. The monoisotopic (exact) mass is 353 g/mol. The second-order valence-corrected chi connectivity index (χ2v) is 6.08. The molecule has 0 aliphatic heterocycles. The van der Waals surface area contributed by atoms with E-state index in [-0.39, 0.29) is 11.5 Å². The average molecular weight is 354 g/mol. The third kappa shape index (κ3) is 2.81. The minimum atomic E-state index is -0.596. The molecule has 0 saturated carbocycles. The highest BCUT2D eigenvalue weighted by Gasteiger charge is 2.23. The summed E-state index contributed by atoms with van der Waals surface area (Å²) in [5, 5.41) is 0.613. The van der Waals surface area contributed by atoms with Crippen molar-refractivity contribution in [3.8, 4) is 10.6 Å². The maximum absolute atomic E-state index is 11.7. The van der Waals surface area contributed by atoms with Crippen molar-refractivity contribution in [2.75, 3.05) is 7.11 Å². The Morgan fingerprint density at radius 2 is 2.05 bits per heavy atom. The van der Waals surface area contributed by atoms with Crippen LogP contribution in [-0.4, -0.2) is 23.8 Å². The molecule has 0 aliphatic carbocycles. The zero-order chi connectivity index (χ0) is 14.9. The highest BCUT2D eigenvalue weighted by atomic mass is 79.9. The molecule has 1 aromatic carbocycles. The minimum Gasteiger partial charge on any atom is -0.464 e. The van der Waals surface area contributed by atoms with Crippen LogP contribution in [0.3, 0.4) is 0 Å². The molecule has 2 aromatic rings. The maximum Gasteiger partial charge on any atom is 0.358 e. The summed E-state index contributed by atoms with van der Waals surface area (Å²) >= 11 is 4.67. The number of ketones is 1. The lowest BCUT2D eigenvalue weighted by Gasteiger charge is -2.01. The number of ether oxygens (including phenoxy) is 1. The molecule has 1 aromatic heterocycles. The van der Waals surface area contributed by atoms with Gasteiger partial charge in [-0.3, -0.25) is 4.79 Å². The number of halogens is 1. The largest absolute Gasteiger partial charge is 0.464 e. The summed E-state index contributed by atoms with van der Waals surface area (Å²) in [5.41, 5.74) is 2.03. The molecule has 0 atom stereocenters. The maximum atomic E-state index is 11.7. The molecule has 2 rings (SSSR count). The van der Waals surface area contributed by atoms with E-state index in [9.17, 15) is 9.59 Å². The molecule has 1 heterocycles. The molecule has 0 amide bonds.